The van der Waals surface area contributed by atoms with Gasteiger partial charge in [0.1, 0.15) is 0 Å². The lowest BCUT2D eigenvalue weighted by Crippen LogP contribution is -1.88. The van der Waals surface area contributed by atoms with Crippen molar-refractivity contribution in [1.29, 1.82) is 0 Å². The Morgan fingerprint density at radius 3 is 1.46 bits per heavy atom. The van der Waals surface area contributed by atoms with Gasteiger partial charge < -0.3 is 10.2 Å². The number of aryl methyl sites for hydroxylation is 1. The number of hydrogen-bond acceptors (Lipinski definition) is 2. The zero-order valence-electron chi connectivity index (χ0n) is 17.1. The molecule has 0 radical (unpaired) electrons. The van der Waals surface area contributed by atoms with Crippen LogP contribution in [-0.4, -0.2) is 10.2 Å². The number of benzene rings is 1. The number of phenolic OH excluding ortho intramolecular Hbond substituents is 2. The average Bonchev–Trinajstić information content (AvgIpc) is 2.64. The quantitative estimate of drug-likeness (QED) is 0.218. The molecule has 0 atom stereocenters. The first kappa shape index (κ1) is 22.9. The molecular weight excluding hydrogens is 320 g/mol. The normalized spacial score (nSPS) is 11.1. The van der Waals surface area contributed by atoms with Crippen molar-refractivity contribution in [2.45, 2.75) is 116 Å². The van der Waals surface area contributed by atoms with Crippen LogP contribution in [0.3, 0.4) is 0 Å². The van der Waals surface area contributed by atoms with Gasteiger partial charge in [-0.2, -0.15) is 0 Å². The number of aromatic hydroxyl groups is 2. The maximum absolute atomic E-state index is 9.77. The molecule has 0 spiro atoms. The van der Waals surface area contributed by atoms with E-state index in [1.807, 2.05) is 6.07 Å². The van der Waals surface area contributed by atoms with Gasteiger partial charge in [-0.1, -0.05) is 115 Å². The van der Waals surface area contributed by atoms with Crippen LogP contribution in [0.15, 0.2) is 18.2 Å². The molecule has 1 aromatic carbocycles. The van der Waals surface area contributed by atoms with Crippen molar-refractivity contribution in [3.63, 3.8) is 0 Å². The predicted molar refractivity (Wildman–Crippen MR) is 113 cm³/mol. The highest BCUT2D eigenvalue weighted by Gasteiger charge is 2.04. The second-order valence-electron chi connectivity index (χ2n) is 7.84. The van der Waals surface area contributed by atoms with Crippen LogP contribution in [0.4, 0.5) is 0 Å². The van der Waals surface area contributed by atoms with Crippen LogP contribution >= 0.6 is 0 Å². The van der Waals surface area contributed by atoms with Crippen molar-refractivity contribution in [3.8, 4) is 11.5 Å². The van der Waals surface area contributed by atoms with Gasteiger partial charge in [0.2, 0.25) is 0 Å². The summed E-state index contributed by atoms with van der Waals surface area (Å²) in [6, 6.07) is 5.24. The molecule has 0 aromatic heterocycles. The molecule has 26 heavy (non-hydrogen) atoms. The Bertz CT molecular complexity index is 442. The van der Waals surface area contributed by atoms with Gasteiger partial charge in [-0.05, 0) is 24.5 Å². The van der Waals surface area contributed by atoms with Crippen LogP contribution in [-0.2, 0) is 6.42 Å². The van der Waals surface area contributed by atoms with E-state index in [9.17, 15) is 10.2 Å². The van der Waals surface area contributed by atoms with E-state index in [1.165, 1.54) is 102 Å². The van der Waals surface area contributed by atoms with Crippen molar-refractivity contribution in [1.82, 2.24) is 0 Å². The molecule has 0 aliphatic carbocycles. The number of para-hydroxylation sites is 1. The first-order chi connectivity index (χ1) is 12.8. The Morgan fingerprint density at radius 2 is 1.00 bits per heavy atom. The molecule has 1 aromatic rings. The van der Waals surface area contributed by atoms with Gasteiger partial charge in [0.15, 0.2) is 11.5 Å². The van der Waals surface area contributed by atoms with Crippen LogP contribution in [0.2, 0.25) is 0 Å². The Morgan fingerprint density at radius 1 is 0.577 bits per heavy atom. The lowest BCUT2D eigenvalue weighted by Gasteiger charge is -2.06. The van der Waals surface area contributed by atoms with Gasteiger partial charge in [0.25, 0.3) is 0 Å². The highest BCUT2D eigenvalue weighted by Crippen LogP contribution is 2.29. The predicted octanol–water partition coefficient (Wildman–Crippen LogP) is 7.90. The summed E-state index contributed by atoms with van der Waals surface area (Å²) in [4.78, 5) is 0. The maximum Gasteiger partial charge on any atom is 0.160 e. The summed E-state index contributed by atoms with van der Waals surface area (Å²) >= 11 is 0. The fourth-order valence-corrected chi connectivity index (χ4v) is 3.64. The molecular formula is C24H42O2. The van der Waals surface area contributed by atoms with Crippen molar-refractivity contribution in [3.05, 3.63) is 23.8 Å². The smallest absolute Gasteiger partial charge is 0.160 e. The lowest BCUT2D eigenvalue weighted by atomic mass is 10.0. The van der Waals surface area contributed by atoms with E-state index in [-0.39, 0.29) is 11.5 Å². The van der Waals surface area contributed by atoms with Gasteiger partial charge in [-0.15, -0.1) is 0 Å². The Balaban J connectivity index is 1.80. The minimum Gasteiger partial charge on any atom is -0.504 e. The van der Waals surface area contributed by atoms with Gasteiger partial charge >= 0.3 is 0 Å². The first-order valence-electron chi connectivity index (χ1n) is 11.3. The third kappa shape index (κ3) is 11.4. The van der Waals surface area contributed by atoms with Crippen molar-refractivity contribution in [2.75, 3.05) is 0 Å². The highest BCUT2D eigenvalue weighted by molar-refractivity contribution is 5.44. The SMILES string of the molecule is CCCCCCCCCCCCCCCCCCc1cccc(O)c1O. The minimum atomic E-state index is -0.000932. The largest absolute Gasteiger partial charge is 0.504 e. The fourth-order valence-electron chi connectivity index (χ4n) is 3.64. The van der Waals surface area contributed by atoms with Gasteiger partial charge in [0, 0.05) is 0 Å². The first-order valence-corrected chi connectivity index (χ1v) is 11.3. The molecule has 2 nitrogen and oxygen atoms in total. The molecule has 0 bridgehead atoms. The summed E-state index contributed by atoms with van der Waals surface area (Å²) in [5.74, 6) is 0.0625. The van der Waals surface area contributed by atoms with Crippen LogP contribution in [0.1, 0.15) is 115 Å². The maximum atomic E-state index is 9.77. The van der Waals surface area contributed by atoms with E-state index in [1.54, 1.807) is 6.07 Å². The topological polar surface area (TPSA) is 40.5 Å². The molecule has 0 saturated heterocycles. The molecule has 2 N–H and O–H groups in total. The van der Waals surface area contributed by atoms with E-state index in [2.05, 4.69) is 6.92 Å². The third-order valence-corrected chi connectivity index (χ3v) is 5.40. The van der Waals surface area contributed by atoms with Gasteiger partial charge in [-0.25, -0.2) is 0 Å². The van der Waals surface area contributed by atoms with E-state index in [0.29, 0.717) is 0 Å². The Hall–Kier alpha value is -1.18. The van der Waals surface area contributed by atoms with Gasteiger partial charge in [0.05, 0.1) is 0 Å². The summed E-state index contributed by atoms with van der Waals surface area (Å²) in [6.07, 6.45) is 22.8. The third-order valence-electron chi connectivity index (χ3n) is 5.40. The standard InChI is InChI=1S/C24H42O2/c1-2-3-4-5-6-7-8-9-10-11-12-13-14-15-16-17-19-22-20-18-21-23(25)24(22)26/h18,20-21,25-26H,2-17,19H2,1H3. The second kappa shape index (κ2) is 16.0. The van der Waals surface area contributed by atoms with E-state index in [0.717, 1.165) is 18.4 Å². The number of rotatable bonds is 17. The van der Waals surface area contributed by atoms with Crippen LogP contribution in [0.5, 0.6) is 11.5 Å². The van der Waals surface area contributed by atoms with Crippen molar-refractivity contribution < 1.29 is 10.2 Å². The number of hydrogen-bond donors (Lipinski definition) is 2. The Labute approximate surface area is 162 Å². The monoisotopic (exact) mass is 362 g/mol. The second-order valence-corrected chi connectivity index (χ2v) is 7.84. The summed E-state index contributed by atoms with van der Waals surface area (Å²) in [7, 11) is 0. The van der Waals surface area contributed by atoms with Crippen LogP contribution in [0.25, 0.3) is 0 Å². The molecule has 0 aliphatic heterocycles. The van der Waals surface area contributed by atoms with Crippen molar-refractivity contribution in [2.24, 2.45) is 0 Å². The minimum absolute atomic E-state index is 0.000932. The molecule has 150 valence electrons. The van der Waals surface area contributed by atoms with Crippen molar-refractivity contribution >= 4 is 0 Å². The van der Waals surface area contributed by atoms with E-state index < -0.39 is 0 Å². The highest BCUT2D eigenvalue weighted by atomic mass is 16.3. The zero-order chi connectivity index (χ0) is 18.9. The summed E-state index contributed by atoms with van der Waals surface area (Å²) < 4.78 is 0. The average molecular weight is 363 g/mol. The fraction of sp³-hybridized carbons (Fsp3) is 0.750. The molecule has 0 amide bonds. The Kier molecular flexibility index (Phi) is 14.1. The molecule has 0 unspecified atom stereocenters. The number of phenols is 2. The zero-order valence-corrected chi connectivity index (χ0v) is 17.1. The van der Waals surface area contributed by atoms with Crippen LogP contribution in [0, 0.1) is 0 Å². The van der Waals surface area contributed by atoms with Gasteiger partial charge in [-0.3, -0.25) is 0 Å². The molecule has 2 heteroatoms. The molecule has 0 fully saturated rings. The van der Waals surface area contributed by atoms with E-state index in [4.69, 9.17) is 0 Å². The summed E-state index contributed by atoms with van der Waals surface area (Å²) in [5, 5.41) is 19.3. The summed E-state index contributed by atoms with van der Waals surface area (Å²) in [6.45, 7) is 2.28. The molecule has 0 aliphatic rings. The lowest BCUT2D eigenvalue weighted by molar-refractivity contribution is 0.398. The number of unbranched alkanes of at least 4 members (excludes halogenated alkanes) is 15. The molecule has 1 rings (SSSR count). The van der Waals surface area contributed by atoms with E-state index >= 15 is 0 Å². The molecule has 0 heterocycles. The van der Waals surface area contributed by atoms with Crippen LogP contribution < -0.4 is 0 Å². The molecule has 0 saturated carbocycles. The summed E-state index contributed by atoms with van der Waals surface area (Å²) in [5.41, 5.74) is 0.871.